The van der Waals surface area contributed by atoms with E-state index in [1.54, 1.807) is 17.0 Å². The van der Waals surface area contributed by atoms with Crippen molar-refractivity contribution in [1.29, 1.82) is 0 Å². The van der Waals surface area contributed by atoms with Crippen LogP contribution in [0.4, 0.5) is 0 Å². The second-order valence-electron chi connectivity index (χ2n) is 8.31. The molecule has 2 aromatic carbocycles. The molecule has 176 valence electrons. The van der Waals surface area contributed by atoms with E-state index in [4.69, 9.17) is 4.74 Å². The van der Waals surface area contributed by atoms with Crippen molar-refractivity contribution in [3.63, 3.8) is 0 Å². The predicted octanol–water partition coefficient (Wildman–Crippen LogP) is 4.55. The van der Waals surface area contributed by atoms with Crippen molar-refractivity contribution >= 4 is 17.4 Å². The number of likely N-dealkylation sites (N-methyl/N-ethyl adjacent to an activating group) is 1. The number of carbonyl (C=O) groups excluding carboxylic acids is 2. The van der Waals surface area contributed by atoms with Crippen LogP contribution in [0.2, 0.25) is 0 Å². The monoisotopic (exact) mass is 450 g/mol. The molecule has 6 heteroatoms. The minimum atomic E-state index is -0.674. The molecule has 6 nitrogen and oxygen atoms in total. The highest BCUT2D eigenvalue weighted by Crippen LogP contribution is 2.40. The van der Waals surface area contributed by atoms with Crippen molar-refractivity contribution in [2.75, 3.05) is 32.8 Å². The highest BCUT2D eigenvalue weighted by Gasteiger charge is 2.46. The Kier molecular flexibility index (Phi) is 8.28. The maximum atomic E-state index is 13.2. The summed E-state index contributed by atoms with van der Waals surface area (Å²) in [4.78, 5) is 30.1. The van der Waals surface area contributed by atoms with Gasteiger partial charge in [0.1, 0.15) is 11.5 Å². The van der Waals surface area contributed by atoms with Crippen molar-refractivity contribution in [3.05, 3.63) is 70.8 Å². The highest BCUT2D eigenvalue weighted by atomic mass is 16.5. The molecule has 0 radical (unpaired) electrons. The maximum absolute atomic E-state index is 13.2. The van der Waals surface area contributed by atoms with Gasteiger partial charge in [-0.25, -0.2) is 0 Å². The minimum Gasteiger partial charge on any atom is -0.507 e. The standard InChI is InChI=1S/C27H34N2O4/c1-5-17-33-22-10-8-9-21(18-22)24-23(25(30)20-13-11-19(4)12-14-20)26(31)27(32)29(24)16-15-28(6-2)7-3/h8-14,18,24,30H,5-7,15-17H2,1-4H3/b25-23+. The third kappa shape index (κ3) is 5.45. The fraction of sp³-hybridized carbons (Fsp3) is 0.407. The molecule has 0 aliphatic carbocycles. The van der Waals surface area contributed by atoms with Crippen LogP contribution < -0.4 is 4.74 Å². The van der Waals surface area contributed by atoms with Gasteiger partial charge in [-0.05, 0) is 44.1 Å². The highest BCUT2D eigenvalue weighted by molar-refractivity contribution is 6.46. The van der Waals surface area contributed by atoms with Crippen LogP contribution in [0.25, 0.3) is 5.76 Å². The number of amides is 1. The molecule has 3 rings (SSSR count). The molecule has 1 unspecified atom stereocenters. The number of aliphatic hydroxyl groups excluding tert-OH is 1. The molecule has 0 aromatic heterocycles. The summed E-state index contributed by atoms with van der Waals surface area (Å²) in [6.07, 6.45) is 0.875. The average Bonchev–Trinajstić information content (AvgIpc) is 3.08. The van der Waals surface area contributed by atoms with Gasteiger partial charge < -0.3 is 19.6 Å². The first kappa shape index (κ1) is 24.5. The number of rotatable bonds is 10. The minimum absolute atomic E-state index is 0.121. The second-order valence-corrected chi connectivity index (χ2v) is 8.31. The van der Waals surface area contributed by atoms with Gasteiger partial charge in [0.05, 0.1) is 18.2 Å². The lowest BCUT2D eigenvalue weighted by molar-refractivity contribution is -0.140. The Balaban J connectivity index is 2.08. The zero-order valence-electron chi connectivity index (χ0n) is 20.0. The van der Waals surface area contributed by atoms with Gasteiger partial charge in [0, 0.05) is 18.7 Å². The summed E-state index contributed by atoms with van der Waals surface area (Å²) in [5.41, 5.74) is 2.43. The number of benzene rings is 2. The molecule has 0 bridgehead atoms. The lowest BCUT2D eigenvalue weighted by atomic mass is 9.95. The van der Waals surface area contributed by atoms with Gasteiger partial charge in [-0.15, -0.1) is 0 Å². The number of likely N-dealkylation sites (tertiary alicyclic amines) is 1. The summed E-state index contributed by atoms with van der Waals surface area (Å²) in [6.45, 7) is 11.5. The average molecular weight is 451 g/mol. The van der Waals surface area contributed by atoms with Crippen LogP contribution in [0, 0.1) is 6.92 Å². The van der Waals surface area contributed by atoms with E-state index in [1.165, 1.54) is 0 Å². The number of hydrogen-bond acceptors (Lipinski definition) is 5. The first-order valence-electron chi connectivity index (χ1n) is 11.7. The molecular formula is C27H34N2O4. The van der Waals surface area contributed by atoms with Gasteiger partial charge in [0.2, 0.25) is 0 Å². The third-order valence-corrected chi connectivity index (χ3v) is 6.06. The molecule has 1 N–H and O–H groups in total. The van der Waals surface area contributed by atoms with Crippen LogP contribution in [0.1, 0.15) is 49.9 Å². The van der Waals surface area contributed by atoms with Crippen molar-refractivity contribution < 1.29 is 19.4 Å². The van der Waals surface area contributed by atoms with Crippen LogP contribution in [0.5, 0.6) is 5.75 Å². The van der Waals surface area contributed by atoms with Gasteiger partial charge in [-0.3, -0.25) is 9.59 Å². The molecule has 1 heterocycles. The van der Waals surface area contributed by atoms with E-state index < -0.39 is 17.7 Å². The largest absolute Gasteiger partial charge is 0.507 e. The van der Waals surface area contributed by atoms with Crippen LogP contribution in [0.3, 0.4) is 0 Å². The zero-order valence-corrected chi connectivity index (χ0v) is 20.0. The summed E-state index contributed by atoms with van der Waals surface area (Å²) in [5.74, 6) is -0.708. The Labute approximate surface area is 196 Å². The Morgan fingerprint density at radius 3 is 2.39 bits per heavy atom. The maximum Gasteiger partial charge on any atom is 0.295 e. The summed E-state index contributed by atoms with van der Waals surface area (Å²) < 4.78 is 5.80. The van der Waals surface area contributed by atoms with Crippen molar-refractivity contribution in [3.8, 4) is 5.75 Å². The van der Waals surface area contributed by atoms with E-state index in [0.717, 1.165) is 30.6 Å². The molecule has 1 aliphatic rings. The zero-order chi connectivity index (χ0) is 24.0. The summed E-state index contributed by atoms with van der Waals surface area (Å²) >= 11 is 0. The molecule has 1 atom stereocenters. The molecule has 1 amide bonds. The van der Waals surface area contributed by atoms with Crippen LogP contribution in [-0.4, -0.2) is 59.4 Å². The van der Waals surface area contributed by atoms with Gasteiger partial charge in [-0.1, -0.05) is 62.7 Å². The lowest BCUT2D eigenvalue weighted by Gasteiger charge is -2.28. The molecule has 0 spiro atoms. The summed E-state index contributed by atoms with van der Waals surface area (Å²) in [7, 11) is 0. The van der Waals surface area contributed by atoms with Crippen LogP contribution in [0.15, 0.2) is 54.1 Å². The molecular weight excluding hydrogens is 416 g/mol. The summed E-state index contributed by atoms with van der Waals surface area (Å²) in [6, 6.07) is 14.1. The number of carbonyl (C=O) groups is 2. The summed E-state index contributed by atoms with van der Waals surface area (Å²) in [5, 5.41) is 11.2. The Bertz CT molecular complexity index is 1010. The second kappa shape index (κ2) is 11.1. The van der Waals surface area contributed by atoms with E-state index in [1.807, 2.05) is 50.2 Å². The van der Waals surface area contributed by atoms with E-state index >= 15 is 0 Å². The number of Topliss-reactive ketones (excluding diaryl/α,β-unsaturated/α-hetero) is 1. The number of hydrogen-bond donors (Lipinski definition) is 1. The molecule has 0 saturated carbocycles. The number of aliphatic hydroxyl groups is 1. The number of ether oxygens (including phenoxy) is 1. The molecule has 1 fully saturated rings. The first-order valence-corrected chi connectivity index (χ1v) is 11.7. The molecule has 2 aromatic rings. The van der Waals surface area contributed by atoms with Crippen molar-refractivity contribution in [2.45, 2.75) is 40.2 Å². The Hall–Kier alpha value is -3.12. The van der Waals surface area contributed by atoms with Gasteiger partial charge in [0.25, 0.3) is 11.7 Å². The van der Waals surface area contributed by atoms with Gasteiger partial charge in [-0.2, -0.15) is 0 Å². The topological polar surface area (TPSA) is 70.1 Å². The SMILES string of the molecule is CCCOc1cccc(C2/C(=C(\O)c3ccc(C)cc3)C(=O)C(=O)N2CCN(CC)CC)c1. The first-order chi connectivity index (χ1) is 15.9. The predicted molar refractivity (Wildman–Crippen MR) is 130 cm³/mol. The van der Waals surface area contributed by atoms with E-state index in [2.05, 4.69) is 18.7 Å². The van der Waals surface area contributed by atoms with Crippen molar-refractivity contribution in [2.24, 2.45) is 0 Å². The normalized spacial score (nSPS) is 17.7. The Morgan fingerprint density at radius 2 is 1.76 bits per heavy atom. The number of nitrogens with zero attached hydrogens (tertiary/aromatic N) is 2. The van der Waals surface area contributed by atoms with E-state index in [0.29, 0.717) is 31.0 Å². The Morgan fingerprint density at radius 1 is 1.06 bits per heavy atom. The molecule has 33 heavy (non-hydrogen) atoms. The number of aryl methyl sites for hydroxylation is 1. The lowest BCUT2D eigenvalue weighted by Crippen LogP contribution is -2.38. The molecule has 1 saturated heterocycles. The van der Waals surface area contributed by atoms with E-state index in [-0.39, 0.29) is 11.3 Å². The van der Waals surface area contributed by atoms with Crippen LogP contribution >= 0.6 is 0 Å². The van der Waals surface area contributed by atoms with Crippen LogP contribution in [-0.2, 0) is 9.59 Å². The molecule has 1 aliphatic heterocycles. The van der Waals surface area contributed by atoms with Gasteiger partial charge >= 0.3 is 0 Å². The quantitative estimate of drug-likeness (QED) is 0.327. The third-order valence-electron chi connectivity index (χ3n) is 6.06. The smallest absolute Gasteiger partial charge is 0.295 e. The van der Waals surface area contributed by atoms with Crippen molar-refractivity contribution in [1.82, 2.24) is 9.80 Å². The number of ketones is 1. The van der Waals surface area contributed by atoms with Gasteiger partial charge in [0.15, 0.2) is 0 Å². The van der Waals surface area contributed by atoms with E-state index in [9.17, 15) is 14.7 Å². The fourth-order valence-corrected chi connectivity index (χ4v) is 4.11. The fourth-order valence-electron chi connectivity index (χ4n) is 4.11.